The van der Waals surface area contributed by atoms with Crippen LogP contribution < -0.4 is 4.74 Å². The molecule has 3 aromatic rings. The highest BCUT2D eigenvalue weighted by atomic mass is 19.1. The molecule has 178 valence electrons. The van der Waals surface area contributed by atoms with E-state index in [9.17, 15) is 14.0 Å². The molecule has 2 aromatic carbocycles. The van der Waals surface area contributed by atoms with Gasteiger partial charge in [0.15, 0.2) is 0 Å². The average molecular weight is 466 g/mol. The minimum absolute atomic E-state index is 0.0320. The summed E-state index contributed by atoms with van der Waals surface area (Å²) in [7, 11) is 0. The zero-order valence-electron chi connectivity index (χ0n) is 19.8. The summed E-state index contributed by atoms with van der Waals surface area (Å²) in [5.74, 6) is -0.784. The van der Waals surface area contributed by atoms with E-state index in [0.29, 0.717) is 11.3 Å². The lowest BCUT2D eigenvalue weighted by molar-refractivity contribution is 0.0515. The van der Waals surface area contributed by atoms with Crippen LogP contribution >= 0.6 is 0 Å². The van der Waals surface area contributed by atoms with Gasteiger partial charge in [0.25, 0.3) is 0 Å². The first kappa shape index (κ1) is 23.6. The van der Waals surface area contributed by atoms with E-state index < -0.39 is 23.5 Å². The van der Waals surface area contributed by atoms with Crippen molar-refractivity contribution < 1.29 is 23.5 Å². The van der Waals surface area contributed by atoms with Crippen LogP contribution in [0.2, 0.25) is 0 Å². The van der Waals surface area contributed by atoms with Crippen LogP contribution in [0.3, 0.4) is 0 Å². The van der Waals surface area contributed by atoms with E-state index in [1.165, 1.54) is 30.0 Å². The van der Waals surface area contributed by atoms with E-state index in [1.54, 1.807) is 32.9 Å². The number of aromatic nitrogens is 2. The molecule has 0 amide bonds. The molecule has 1 aliphatic heterocycles. The van der Waals surface area contributed by atoms with Gasteiger partial charge >= 0.3 is 12.1 Å². The predicted molar refractivity (Wildman–Crippen MR) is 125 cm³/mol. The van der Waals surface area contributed by atoms with Crippen molar-refractivity contribution in [3.8, 4) is 17.0 Å². The van der Waals surface area contributed by atoms with E-state index in [1.807, 2.05) is 12.1 Å². The summed E-state index contributed by atoms with van der Waals surface area (Å²) in [6.07, 6.45) is 1.57. The molecule has 4 rings (SSSR count). The molecule has 1 aromatic heterocycles. The fourth-order valence-electron chi connectivity index (χ4n) is 3.92. The third kappa shape index (κ3) is 5.34. The van der Waals surface area contributed by atoms with E-state index in [2.05, 4.69) is 16.9 Å². The van der Waals surface area contributed by atoms with Crippen molar-refractivity contribution in [1.29, 1.82) is 0 Å². The Labute approximate surface area is 198 Å². The topological polar surface area (TPSA) is 73.7 Å². The summed E-state index contributed by atoms with van der Waals surface area (Å²) < 4.78 is 25.8. The Morgan fingerprint density at radius 2 is 1.85 bits per heavy atom. The second kappa shape index (κ2) is 9.38. The molecule has 34 heavy (non-hydrogen) atoms. The van der Waals surface area contributed by atoms with Crippen LogP contribution in [0.4, 0.5) is 9.18 Å². The van der Waals surface area contributed by atoms with Gasteiger partial charge in [0.2, 0.25) is 0 Å². The van der Waals surface area contributed by atoms with E-state index in [4.69, 9.17) is 9.47 Å². The number of nitrogens with zero attached hydrogens (tertiary/aromatic N) is 3. The first-order valence-corrected chi connectivity index (χ1v) is 11.3. The fraction of sp³-hybridized carbons (Fsp3) is 0.346. The van der Waals surface area contributed by atoms with Crippen LogP contribution in [0.5, 0.6) is 5.75 Å². The highest BCUT2D eigenvalue weighted by Gasteiger charge is 2.26. The summed E-state index contributed by atoms with van der Waals surface area (Å²) in [6, 6.07) is 11.2. The number of esters is 1. The number of hydrogen-bond acceptors (Lipinski definition) is 6. The molecule has 2 heterocycles. The lowest BCUT2D eigenvalue weighted by Crippen LogP contribution is -2.27. The number of rotatable bonds is 5. The normalized spacial score (nSPS) is 13.6. The molecule has 0 radical (unpaired) electrons. The van der Waals surface area contributed by atoms with Crippen molar-refractivity contribution in [2.45, 2.75) is 52.8 Å². The third-order valence-corrected chi connectivity index (χ3v) is 5.33. The second-order valence-corrected chi connectivity index (χ2v) is 9.36. The number of carbonyl (C=O) groups excluding carboxylic acids is 2. The first-order valence-electron chi connectivity index (χ1n) is 11.3. The zero-order valence-corrected chi connectivity index (χ0v) is 19.8. The SMILES string of the molecule is CCCN1Cc2ccc(OC(=O)c3cn(C(=O)OC(C)(C)C)nc3-c3cccc(F)c3)cc2C1. The summed E-state index contributed by atoms with van der Waals surface area (Å²) in [4.78, 5) is 28.1. The molecule has 0 bridgehead atoms. The number of ether oxygens (including phenoxy) is 2. The van der Waals surface area contributed by atoms with Crippen molar-refractivity contribution in [2.24, 2.45) is 0 Å². The number of hydrogen-bond donors (Lipinski definition) is 0. The maximum Gasteiger partial charge on any atom is 0.435 e. The maximum atomic E-state index is 13.9. The van der Waals surface area contributed by atoms with Crippen molar-refractivity contribution in [2.75, 3.05) is 6.54 Å². The smallest absolute Gasteiger partial charge is 0.435 e. The van der Waals surface area contributed by atoms with Crippen LogP contribution in [0.1, 0.15) is 55.6 Å². The molecular weight excluding hydrogens is 437 g/mol. The van der Waals surface area contributed by atoms with Crippen LogP contribution in [0, 0.1) is 5.82 Å². The lowest BCUT2D eigenvalue weighted by atomic mass is 10.1. The van der Waals surface area contributed by atoms with Gasteiger partial charge in [-0.15, -0.1) is 0 Å². The molecule has 7 nitrogen and oxygen atoms in total. The fourth-order valence-corrected chi connectivity index (χ4v) is 3.92. The van der Waals surface area contributed by atoms with Gasteiger partial charge in [0, 0.05) is 18.7 Å². The van der Waals surface area contributed by atoms with Crippen molar-refractivity contribution in [3.63, 3.8) is 0 Å². The monoisotopic (exact) mass is 465 g/mol. The highest BCUT2D eigenvalue weighted by Crippen LogP contribution is 2.29. The van der Waals surface area contributed by atoms with Gasteiger partial charge in [-0.1, -0.05) is 25.1 Å². The van der Waals surface area contributed by atoms with Gasteiger partial charge in [0.05, 0.1) is 6.20 Å². The highest BCUT2D eigenvalue weighted by molar-refractivity contribution is 5.98. The minimum atomic E-state index is -0.752. The molecule has 0 unspecified atom stereocenters. The van der Waals surface area contributed by atoms with E-state index >= 15 is 0 Å². The molecule has 0 saturated heterocycles. The third-order valence-electron chi connectivity index (χ3n) is 5.33. The Morgan fingerprint density at radius 1 is 1.09 bits per heavy atom. The summed E-state index contributed by atoms with van der Waals surface area (Å²) >= 11 is 0. The van der Waals surface area contributed by atoms with E-state index in [0.717, 1.165) is 36.3 Å². The Balaban J connectivity index is 1.63. The maximum absolute atomic E-state index is 13.9. The number of fused-ring (bicyclic) bond motifs is 1. The van der Waals surface area contributed by atoms with Gasteiger partial charge in [-0.25, -0.2) is 14.0 Å². The van der Waals surface area contributed by atoms with E-state index in [-0.39, 0.29) is 11.3 Å². The van der Waals surface area contributed by atoms with Crippen LogP contribution in [-0.2, 0) is 17.8 Å². The van der Waals surface area contributed by atoms with Crippen molar-refractivity contribution in [3.05, 3.63) is 71.2 Å². The Hall–Kier alpha value is -3.52. The molecule has 0 spiro atoms. The number of halogens is 1. The van der Waals surface area contributed by atoms with Gasteiger partial charge in [0.1, 0.15) is 28.4 Å². The predicted octanol–water partition coefficient (Wildman–Crippen LogP) is 5.42. The van der Waals surface area contributed by atoms with Crippen LogP contribution in [0.15, 0.2) is 48.7 Å². The molecular formula is C26H28FN3O4. The Bertz CT molecular complexity index is 1230. The summed E-state index contributed by atoms with van der Waals surface area (Å²) in [6.45, 7) is 10.0. The molecule has 8 heteroatoms. The number of carbonyl (C=O) groups is 2. The van der Waals surface area contributed by atoms with Crippen molar-refractivity contribution in [1.82, 2.24) is 14.7 Å². The lowest BCUT2D eigenvalue weighted by Gasteiger charge is -2.18. The molecule has 0 fully saturated rings. The second-order valence-electron chi connectivity index (χ2n) is 9.36. The molecule has 0 atom stereocenters. The molecule has 0 aliphatic carbocycles. The summed E-state index contributed by atoms with van der Waals surface area (Å²) in [5.41, 5.74) is 2.09. The Kier molecular flexibility index (Phi) is 6.52. The standard InChI is InChI=1S/C26H28FN3O4/c1-5-11-29-14-18-9-10-21(13-19(18)15-29)33-24(31)22-16-30(25(32)34-26(2,3)4)28-23(22)17-7-6-8-20(27)12-17/h6-10,12-13,16H,5,11,14-15H2,1-4H3. The molecule has 0 saturated carbocycles. The number of benzene rings is 2. The molecule has 1 aliphatic rings. The van der Waals surface area contributed by atoms with Crippen molar-refractivity contribution >= 4 is 12.1 Å². The minimum Gasteiger partial charge on any atom is -0.442 e. The summed E-state index contributed by atoms with van der Waals surface area (Å²) in [5, 5.41) is 4.22. The quantitative estimate of drug-likeness (QED) is 0.370. The average Bonchev–Trinajstić information content (AvgIpc) is 3.37. The van der Waals surface area contributed by atoms with Crippen LogP contribution in [0.25, 0.3) is 11.3 Å². The van der Waals surface area contributed by atoms with Gasteiger partial charge in [-0.05, 0) is 69.1 Å². The zero-order chi connectivity index (χ0) is 24.5. The van der Waals surface area contributed by atoms with Gasteiger partial charge in [-0.3, -0.25) is 4.90 Å². The first-order chi connectivity index (χ1) is 16.1. The van der Waals surface area contributed by atoms with Gasteiger partial charge < -0.3 is 9.47 Å². The van der Waals surface area contributed by atoms with Gasteiger partial charge in [-0.2, -0.15) is 9.78 Å². The van der Waals surface area contributed by atoms with Crippen LogP contribution in [-0.4, -0.2) is 38.9 Å². The largest absolute Gasteiger partial charge is 0.442 e. The Morgan fingerprint density at radius 3 is 2.56 bits per heavy atom. The molecule has 0 N–H and O–H groups in total.